The van der Waals surface area contributed by atoms with Gasteiger partial charge in [0.05, 0.1) is 18.7 Å². The summed E-state index contributed by atoms with van der Waals surface area (Å²) in [7, 11) is 0. The van der Waals surface area contributed by atoms with E-state index in [-0.39, 0.29) is 30.6 Å². The van der Waals surface area contributed by atoms with Gasteiger partial charge < -0.3 is 20.2 Å². The lowest BCUT2D eigenvalue weighted by Crippen LogP contribution is -2.44. The van der Waals surface area contributed by atoms with Crippen molar-refractivity contribution in [3.05, 3.63) is 35.6 Å². The first kappa shape index (κ1) is 16.4. The van der Waals surface area contributed by atoms with Gasteiger partial charge in [0, 0.05) is 10.9 Å². The number of fused-ring (bicyclic) bond motifs is 1. The van der Waals surface area contributed by atoms with E-state index in [2.05, 4.69) is 10.6 Å². The van der Waals surface area contributed by atoms with Gasteiger partial charge in [0.15, 0.2) is 0 Å². The Hall–Kier alpha value is -2.01. The molecule has 0 spiro atoms. The van der Waals surface area contributed by atoms with Crippen molar-refractivity contribution in [2.45, 2.75) is 39.8 Å². The lowest BCUT2D eigenvalue weighted by molar-refractivity contribution is 0.212. The number of benzene rings is 1. The Bertz CT molecular complexity index is 648. The summed E-state index contributed by atoms with van der Waals surface area (Å²) in [6.45, 7) is 7.73. The second-order valence-corrected chi connectivity index (χ2v) is 6.01. The number of para-hydroxylation sites is 1. The molecule has 5 nitrogen and oxygen atoms in total. The highest BCUT2D eigenvalue weighted by Crippen LogP contribution is 2.32. The van der Waals surface area contributed by atoms with Crippen molar-refractivity contribution in [2.24, 2.45) is 5.92 Å². The summed E-state index contributed by atoms with van der Waals surface area (Å²) in [5.74, 6) is 0.956. The number of aryl methyl sites for hydroxylation is 1. The molecule has 2 rings (SSSR count). The van der Waals surface area contributed by atoms with E-state index in [0.717, 1.165) is 22.3 Å². The minimum atomic E-state index is -0.305. The van der Waals surface area contributed by atoms with Gasteiger partial charge in [-0.05, 0) is 25.8 Å². The minimum Gasteiger partial charge on any atom is -0.459 e. The molecule has 120 valence electrons. The molecule has 0 aliphatic rings. The van der Waals surface area contributed by atoms with Gasteiger partial charge in [-0.3, -0.25) is 0 Å². The van der Waals surface area contributed by atoms with E-state index >= 15 is 0 Å². The van der Waals surface area contributed by atoms with Gasteiger partial charge in [0.2, 0.25) is 0 Å². The molecule has 0 saturated carbocycles. The third-order valence-electron chi connectivity index (χ3n) is 3.77. The Labute approximate surface area is 130 Å². The number of rotatable bonds is 5. The standard InChI is InChI=1S/C17H24N2O3/c1-10(2)15(19-17(21)18-11(3)9-20)16-12(4)13-7-5-6-8-14(13)22-16/h5-8,10-11,15,20H,9H2,1-4H3,(H2,18,19,21). The lowest BCUT2D eigenvalue weighted by atomic mass is 9.98. The minimum absolute atomic E-state index is 0.0938. The monoisotopic (exact) mass is 304 g/mol. The third kappa shape index (κ3) is 3.42. The van der Waals surface area contributed by atoms with Crippen LogP contribution in [0.2, 0.25) is 0 Å². The van der Waals surface area contributed by atoms with E-state index in [1.54, 1.807) is 6.92 Å². The van der Waals surface area contributed by atoms with Gasteiger partial charge in [-0.1, -0.05) is 32.0 Å². The van der Waals surface area contributed by atoms with Crippen LogP contribution < -0.4 is 10.6 Å². The molecule has 5 heteroatoms. The van der Waals surface area contributed by atoms with Gasteiger partial charge >= 0.3 is 6.03 Å². The molecule has 1 aromatic carbocycles. The molecule has 2 unspecified atom stereocenters. The summed E-state index contributed by atoms with van der Waals surface area (Å²) in [5.41, 5.74) is 1.87. The van der Waals surface area contributed by atoms with Crippen LogP contribution in [0.1, 0.15) is 38.1 Å². The maximum atomic E-state index is 12.1. The number of nitrogens with one attached hydrogen (secondary N) is 2. The average molecular weight is 304 g/mol. The highest BCUT2D eigenvalue weighted by molar-refractivity contribution is 5.82. The van der Waals surface area contributed by atoms with Crippen LogP contribution in [0, 0.1) is 12.8 Å². The van der Waals surface area contributed by atoms with Crippen LogP contribution in [0.4, 0.5) is 4.79 Å². The molecular formula is C17H24N2O3. The fourth-order valence-corrected chi connectivity index (χ4v) is 2.48. The highest BCUT2D eigenvalue weighted by atomic mass is 16.3. The van der Waals surface area contributed by atoms with E-state index < -0.39 is 0 Å². The molecule has 0 radical (unpaired) electrons. The highest BCUT2D eigenvalue weighted by Gasteiger charge is 2.25. The number of hydrogen-bond donors (Lipinski definition) is 3. The third-order valence-corrected chi connectivity index (χ3v) is 3.77. The molecule has 0 saturated heterocycles. The van der Waals surface area contributed by atoms with Crippen molar-refractivity contribution in [3.63, 3.8) is 0 Å². The lowest BCUT2D eigenvalue weighted by Gasteiger charge is -2.22. The molecule has 1 aromatic heterocycles. The quantitative estimate of drug-likeness (QED) is 0.794. The smallest absolute Gasteiger partial charge is 0.315 e. The van der Waals surface area contributed by atoms with Gasteiger partial charge in [-0.2, -0.15) is 0 Å². The number of urea groups is 1. The van der Waals surface area contributed by atoms with Crippen LogP contribution in [-0.4, -0.2) is 23.8 Å². The van der Waals surface area contributed by atoms with E-state index in [9.17, 15) is 4.79 Å². The summed E-state index contributed by atoms with van der Waals surface area (Å²) in [6.07, 6.45) is 0. The Morgan fingerprint density at radius 2 is 1.91 bits per heavy atom. The largest absolute Gasteiger partial charge is 0.459 e. The second-order valence-electron chi connectivity index (χ2n) is 6.01. The number of aliphatic hydroxyl groups excluding tert-OH is 1. The van der Waals surface area contributed by atoms with Crippen LogP contribution in [0.3, 0.4) is 0 Å². The zero-order valence-corrected chi connectivity index (χ0v) is 13.5. The summed E-state index contributed by atoms with van der Waals surface area (Å²) >= 11 is 0. The van der Waals surface area contributed by atoms with Crippen molar-refractivity contribution >= 4 is 17.0 Å². The zero-order chi connectivity index (χ0) is 16.3. The summed E-state index contributed by atoms with van der Waals surface area (Å²) in [5, 5.41) is 15.7. The van der Waals surface area contributed by atoms with E-state index in [1.807, 2.05) is 45.0 Å². The molecule has 1 heterocycles. The van der Waals surface area contributed by atoms with Gasteiger partial charge in [-0.25, -0.2) is 4.79 Å². The molecule has 0 aliphatic carbocycles. The van der Waals surface area contributed by atoms with Gasteiger partial charge in [-0.15, -0.1) is 0 Å². The molecule has 2 atom stereocenters. The Kier molecular flexibility index (Phi) is 5.08. The van der Waals surface area contributed by atoms with Gasteiger partial charge in [0.1, 0.15) is 11.3 Å². The predicted molar refractivity (Wildman–Crippen MR) is 86.7 cm³/mol. The number of amides is 2. The van der Waals surface area contributed by atoms with Crippen LogP contribution >= 0.6 is 0 Å². The number of carbonyl (C=O) groups is 1. The predicted octanol–water partition coefficient (Wildman–Crippen LogP) is 3.12. The Morgan fingerprint density at radius 1 is 1.23 bits per heavy atom. The molecule has 0 fully saturated rings. The maximum Gasteiger partial charge on any atom is 0.315 e. The number of carbonyl (C=O) groups excluding carboxylic acids is 1. The summed E-state index contributed by atoms with van der Waals surface area (Å²) in [6, 6.07) is 7.04. The van der Waals surface area contributed by atoms with E-state index in [0.29, 0.717) is 0 Å². The number of aliphatic hydroxyl groups is 1. The van der Waals surface area contributed by atoms with Crippen molar-refractivity contribution in [2.75, 3.05) is 6.61 Å². The van der Waals surface area contributed by atoms with Crippen LogP contribution in [0.5, 0.6) is 0 Å². The first-order chi connectivity index (χ1) is 10.4. The topological polar surface area (TPSA) is 74.5 Å². The van der Waals surface area contributed by atoms with Crippen molar-refractivity contribution < 1.29 is 14.3 Å². The average Bonchev–Trinajstić information content (AvgIpc) is 2.81. The van der Waals surface area contributed by atoms with E-state index in [4.69, 9.17) is 9.52 Å². The Morgan fingerprint density at radius 3 is 2.50 bits per heavy atom. The number of hydrogen-bond acceptors (Lipinski definition) is 3. The van der Waals surface area contributed by atoms with Crippen LogP contribution in [0.15, 0.2) is 28.7 Å². The van der Waals surface area contributed by atoms with Crippen LogP contribution in [-0.2, 0) is 0 Å². The fourth-order valence-electron chi connectivity index (χ4n) is 2.48. The first-order valence-corrected chi connectivity index (χ1v) is 7.60. The Balaban J connectivity index is 2.27. The molecule has 3 N–H and O–H groups in total. The van der Waals surface area contributed by atoms with Crippen LogP contribution in [0.25, 0.3) is 11.0 Å². The zero-order valence-electron chi connectivity index (χ0n) is 13.5. The molecule has 2 amide bonds. The molecule has 2 aromatic rings. The summed E-state index contributed by atoms with van der Waals surface area (Å²) in [4.78, 5) is 12.1. The first-order valence-electron chi connectivity index (χ1n) is 7.60. The number of furan rings is 1. The molecule has 0 aliphatic heterocycles. The van der Waals surface area contributed by atoms with Crippen molar-refractivity contribution in [1.29, 1.82) is 0 Å². The molecule has 22 heavy (non-hydrogen) atoms. The van der Waals surface area contributed by atoms with Crippen molar-refractivity contribution in [3.8, 4) is 0 Å². The molecular weight excluding hydrogens is 280 g/mol. The van der Waals surface area contributed by atoms with Gasteiger partial charge in [0.25, 0.3) is 0 Å². The molecule has 0 bridgehead atoms. The fraction of sp³-hybridized carbons (Fsp3) is 0.471. The second kappa shape index (κ2) is 6.83. The normalized spacial score (nSPS) is 14.1. The van der Waals surface area contributed by atoms with Crippen molar-refractivity contribution in [1.82, 2.24) is 10.6 Å². The SMILES string of the molecule is Cc1c(C(NC(=O)NC(C)CO)C(C)C)oc2ccccc12. The van der Waals surface area contributed by atoms with E-state index in [1.165, 1.54) is 0 Å². The summed E-state index contributed by atoms with van der Waals surface area (Å²) < 4.78 is 5.96. The maximum absolute atomic E-state index is 12.1.